The third-order valence-electron chi connectivity index (χ3n) is 5.42. The van der Waals surface area contributed by atoms with Gasteiger partial charge in [-0.25, -0.2) is 8.42 Å². The zero-order chi connectivity index (χ0) is 17.9. The number of nitrogens with zero attached hydrogens (tertiary/aromatic N) is 2. The summed E-state index contributed by atoms with van der Waals surface area (Å²) in [5.74, 6) is -0.198. The lowest BCUT2D eigenvalue weighted by atomic mass is 9.95. The standard InChI is InChI=1S/C18H27N3O3S.2ClH/c1-25(23,24)18(7-9-19-10-8-18)17(22)21-13-11-20(12-14-21)15-16-5-3-2-4-6-16;;/h2-6,19H,7-15H2,1H3;2*1H. The predicted molar refractivity (Wildman–Crippen MR) is 112 cm³/mol. The molecule has 154 valence electrons. The number of piperazine rings is 1. The summed E-state index contributed by atoms with van der Waals surface area (Å²) in [5.41, 5.74) is 1.26. The number of hydrogen-bond acceptors (Lipinski definition) is 5. The van der Waals surface area contributed by atoms with Gasteiger partial charge >= 0.3 is 0 Å². The molecule has 3 rings (SSSR count). The molecule has 2 heterocycles. The monoisotopic (exact) mass is 437 g/mol. The van der Waals surface area contributed by atoms with E-state index in [1.165, 1.54) is 11.8 Å². The molecule has 0 radical (unpaired) electrons. The minimum atomic E-state index is -3.44. The molecule has 9 heteroatoms. The summed E-state index contributed by atoms with van der Waals surface area (Å²) in [6.45, 7) is 4.76. The van der Waals surface area contributed by atoms with Gasteiger partial charge in [0.2, 0.25) is 5.91 Å². The molecule has 2 saturated heterocycles. The Kier molecular flexibility index (Phi) is 9.02. The number of amides is 1. The highest BCUT2D eigenvalue weighted by Crippen LogP contribution is 2.30. The first-order valence-corrected chi connectivity index (χ1v) is 10.8. The SMILES string of the molecule is CS(=O)(=O)C1(C(=O)N2CCN(Cc3ccccc3)CC2)CCNCC1.Cl.Cl. The summed E-state index contributed by atoms with van der Waals surface area (Å²) in [5, 5.41) is 3.16. The molecule has 1 amide bonds. The Hall–Kier alpha value is -0.860. The van der Waals surface area contributed by atoms with E-state index in [4.69, 9.17) is 0 Å². The highest BCUT2D eigenvalue weighted by atomic mass is 35.5. The number of piperidine rings is 1. The van der Waals surface area contributed by atoms with Gasteiger partial charge in [-0.3, -0.25) is 9.69 Å². The molecule has 0 spiro atoms. The molecule has 2 aliphatic rings. The summed E-state index contributed by atoms with van der Waals surface area (Å²) >= 11 is 0. The van der Waals surface area contributed by atoms with Crippen molar-refractivity contribution in [1.82, 2.24) is 15.1 Å². The molecule has 0 aliphatic carbocycles. The van der Waals surface area contributed by atoms with Crippen molar-refractivity contribution in [3.63, 3.8) is 0 Å². The van der Waals surface area contributed by atoms with Crippen LogP contribution in [0.15, 0.2) is 30.3 Å². The quantitative estimate of drug-likeness (QED) is 0.769. The predicted octanol–water partition coefficient (Wildman–Crippen LogP) is 1.34. The number of sulfone groups is 1. The molecule has 6 nitrogen and oxygen atoms in total. The molecule has 0 atom stereocenters. The van der Waals surface area contributed by atoms with Crippen molar-refractivity contribution in [3.8, 4) is 0 Å². The lowest BCUT2D eigenvalue weighted by Gasteiger charge is -2.42. The van der Waals surface area contributed by atoms with Crippen LogP contribution in [0, 0.1) is 0 Å². The van der Waals surface area contributed by atoms with Gasteiger partial charge in [0.15, 0.2) is 14.6 Å². The summed E-state index contributed by atoms with van der Waals surface area (Å²) < 4.78 is 23.6. The normalized spacial score (nSPS) is 20.3. The highest BCUT2D eigenvalue weighted by Gasteiger charge is 2.50. The van der Waals surface area contributed by atoms with Gasteiger partial charge in [0.25, 0.3) is 0 Å². The molecule has 2 fully saturated rings. The number of halogens is 2. The molecule has 27 heavy (non-hydrogen) atoms. The molecule has 1 N–H and O–H groups in total. The van der Waals surface area contributed by atoms with Gasteiger partial charge in [-0.05, 0) is 31.5 Å². The van der Waals surface area contributed by atoms with Crippen LogP contribution in [-0.2, 0) is 21.2 Å². The van der Waals surface area contributed by atoms with E-state index in [1.54, 1.807) is 4.90 Å². The number of rotatable bonds is 4. The Bertz CT molecular complexity index is 702. The molecular formula is C18H29Cl2N3O3S. The van der Waals surface area contributed by atoms with E-state index in [9.17, 15) is 13.2 Å². The zero-order valence-corrected chi connectivity index (χ0v) is 18.0. The van der Waals surface area contributed by atoms with E-state index >= 15 is 0 Å². The van der Waals surface area contributed by atoms with Crippen LogP contribution in [0.5, 0.6) is 0 Å². The van der Waals surface area contributed by atoms with Crippen LogP contribution in [0.3, 0.4) is 0 Å². The van der Waals surface area contributed by atoms with Crippen molar-refractivity contribution in [2.45, 2.75) is 24.1 Å². The maximum atomic E-state index is 13.1. The van der Waals surface area contributed by atoms with Crippen LogP contribution >= 0.6 is 24.8 Å². The van der Waals surface area contributed by atoms with Gasteiger partial charge < -0.3 is 10.2 Å². The molecule has 0 unspecified atom stereocenters. The van der Waals surface area contributed by atoms with Crippen LogP contribution in [0.2, 0.25) is 0 Å². The van der Waals surface area contributed by atoms with E-state index in [1.807, 2.05) is 18.2 Å². The Morgan fingerprint density at radius 3 is 2.11 bits per heavy atom. The summed E-state index contributed by atoms with van der Waals surface area (Å²) in [7, 11) is -3.44. The topological polar surface area (TPSA) is 69.7 Å². The van der Waals surface area contributed by atoms with E-state index in [0.29, 0.717) is 39.0 Å². The van der Waals surface area contributed by atoms with E-state index in [2.05, 4.69) is 22.3 Å². The molecule has 0 aromatic heterocycles. The van der Waals surface area contributed by atoms with Gasteiger partial charge in [-0.1, -0.05) is 30.3 Å². The fourth-order valence-corrected chi connectivity index (χ4v) is 5.20. The third kappa shape index (κ3) is 5.35. The minimum absolute atomic E-state index is 0. The van der Waals surface area contributed by atoms with E-state index in [-0.39, 0.29) is 30.7 Å². The zero-order valence-electron chi connectivity index (χ0n) is 15.6. The van der Waals surface area contributed by atoms with Crippen molar-refractivity contribution in [2.24, 2.45) is 0 Å². The number of nitrogens with one attached hydrogen (secondary N) is 1. The average Bonchev–Trinajstić information content (AvgIpc) is 2.62. The van der Waals surface area contributed by atoms with Crippen molar-refractivity contribution in [1.29, 1.82) is 0 Å². The lowest BCUT2D eigenvalue weighted by molar-refractivity contribution is -0.136. The molecule has 1 aromatic carbocycles. The van der Waals surface area contributed by atoms with Crippen LogP contribution in [-0.4, -0.2) is 74.4 Å². The molecule has 0 bridgehead atoms. The smallest absolute Gasteiger partial charge is 0.244 e. The fraction of sp³-hybridized carbons (Fsp3) is 0.611. The first kappa shape index (κ1) is 24.2. The van der Waals surface area contributed by atoms with Crippen LogP contribution in [0.4, 0.5) is 0 Å². The second-order valence-corrected chi connectivity index (χ2v) is 9.40. The van der Waals surface area contributed by atoms with Crippen molar-refractivity contribution < 1.29 is 13.2 Å². The lowest BCUT2D eigenvalue weighted by Crippen LogP contribution is -2.61. The Balaban J connectivity index is 0.00000182. The number of carbonyl (C=O) groups excluding carboxylic acids is 1. The van der Waals surface area contributed by atoms with Crippen LogP contribution in [0.25, 0.3) is 0 Å². The maximum Gasteiger partial charge on any atom is 0.244 e. The highest BCUT2D eigenvalue weighted by molar-refractivity contribution is 7.92. The second-order valence-electron chi connectivity index (χ2n) is 7.07. The summed E-state index contributed by atoms with van der Waals surface area (Å²) in [6, 6.07) is 10.3. The first-order valence-electron chi connectivity index (χ1n) is 8.88. The Labute approximate surface area is 174 Å². The number of carbonyl (C=O) groups is 1. The molecular weight excluding hydrogens is 409 g/mol. The number of benzene rings is 1. The second kappa shape index (κ2) is 10.1. The minimum Gasteiger partial charge on any atom is -0.339 e. The molecule has 1 aromatic rings. The molecule has 2 aliphatic heterocycles. The third-order valence-corrected chi connectivity index (χ3v) is 7.42. The van der Waals surface area contributed by atoms with Crippen LogP contribution in [0.1, 0.15) is 18.4 Å². The summed E-state index contributed by atoms with van der Waals surface area (Å²) in [4.78, 5) is 17.2. The van der Waals surface area contributed by atoms with Crippen molar-refractivity contribution >= 4 is 40.6 Å². The fourth-order valence-electron chi connectivity index (χ4n) is 3.81. The van der Waals surface area contributed by atoms with Crippen molar-refractivity contribution in [3.05, 3.63) is 35.9 Å². The maximum absolute atomic E-state index is 13.1. The van der Waals surface area contributed by atoms with Gasteiger partial charge in [-0.2, -0.15) is 0 Å². The molecule has 0 saturated carbocycles. The summed E-state index contributed by atoms with van der Waals surface area (Å²) in [6.07, 6.45) is 1.95. The largest absolute Gasteiger partial charge is 0.339 e. The van der Waals surface area contributed by atoms with Crippen LogP contribution < -0.4 is 5.32 Å². The van der Waals surface area contributed by atoms with Gasteiger partial charge in [-0.15, -0.1) is 24.8 Å². The van der Waals surface area contributed by atoms with Gasteiger partial charge in [0.1, 0.15) is 0 Å². The van der Waals surface area contributed by atoms with Crippen molar-refractivity contribution in [2.75, 3.05) is 45.5 Å². The first-order chi connectivity index (χ1) is 11.9. The Morgan fingerprint density at radius 2 is 1.59 bits per heavy atom. The van der Waals surface area contributed by atoms with E-state index in [0.717, 1.165) is 19.6 Å². The van der Waals surface area contributed by atoms with Gasteiger partial charge in [0, 0.05) is 39.0 Å². The number of hydrogen-bond donors (Lipinski definition) is 1. The Morgan fingerprint density at radius 1 is 1.04 bits per heavy atom. The van der Waals surface area contributed by atoms with Gasteiger partial charge in [0.05, 0.1) is 0 Å². The van der Waals surface area contributed by atoms with E-state index < -0.39 is 14.6 Å². The average molecular weight is 438 g/mol.